The zero-order chi connectivity index (χ0) is 17.6. The summed E-state index contributed by atoms with van der Waals surface area (Å²) in [7, 11) is 0. The minimum absolute atomic E-state index is 0.00865. The highest BCUT2D eigenvalue weighted by Crippen LogP contribution is 2.32. The van der Waals surface area contributed by atoms with Crippen molar-refractivity contribution in [3.05, 3.63) is 64.7 Å². The molecule has 4 nitrogen and oxygen atoms in total. The summed E-state index contributed by atoms with van der Waals surface area (Å²) in [6, 6.07) is 15.3. The number of nitrogens with two attached hydrogens (primary N) is 1. The second-order valence-electron chi connectivity index (χ2n) is 6.49. The van der Waals surface area contributed by atoms with Gasteiger partial charge in [-0.3, -0.25) is 4.79 Å². The van der Waals surface area contributed by atoms with Crippen LogP contribution in [0.5, 0.6) is 5.75 Å². The van der Waals surface area contributed by atoms with E-state index in [-0.39, 0.29) is 11.9 Å². The fourth-order valence-corrected chi connectivity index (χ4v) is 3.06. The highest BCUT2D eigenvalue weighted by molar-refractivity contribution is 6.30. The minimum Gasteiger partial charge on any atom is -0.489 e. The van der Waals surface area contributed by atoms with Gasteiger partial charge in [0, 0.05) is 17.6 Å². The first-order valence-corrected chi connectivity index (χ1v) is 8.97. The van der Waals surface area contributed by atoms with Gasteiger partial charge in [0.2, 0.25) is 5.91 Å². The molecule has 1 aliphatic carbocycles. The van der Waals surface area contributed by atoms with Crippen LogP contribution in [0.3, 0.4) is 0 Å². The SMILES string of the molecule is NCC(NC(=O)Cc1cccc(OCc2cccc(Cl)c2)c1)C1CC1. The monoisotopic (exact) mass is 358 g/mol. The van der Waals surface area contributed by atoms with Gasteiger partial charge in [0.05, 0.1) is 6.42 Å². The maximum Gasteiger partial charge on any atom is 0.224 e. The molecule has 3 rings (SSSR count). The Bertz CT molecular complexity index is 731. The van der Waals surface area contributed by atoms with E-state index < -0.39 is 0 Å². The summed E-state index contributed by atoms with van der Waals surface area (Å²) in [4.78, 5) is 12.2. The van der Waals surface area contributed by atoms with Gasteiger partial charge in [0.15, 0.2) is 0 Å². The Morgan fingerprint density at radius 1 is 1.20 bits per heavy atom. The normalized spacial score (nSPS) is 14.8. The third-order valence-corrected chi connectivity index (χ3v) is 4.58. The highest BCUT2D eigenvalue weighted by atomic mass is 35.5. The third kappa shape index (κ3) is 5.48. The number of hydrogen-bond acceptors (Lipinski definition) is 3. The Morgan fingerprint density at radius 3 is 2.68 bits per heavy atom. The van der Waals surface area contributed by atoms with Gasteiger partial charge in [-0.15, -0.1) is 0 Å². The molecule has 25 heavy (non-hydrogen) atoms. The van der Waals surface area contributed by atoms with E-state index in [4.69, 9.17) is 22.1 Å². The number of halogens is 1. The van der Waals surface area contributed by atoms with E-state index in [1.54, 1.807) is 0 Å². The number of ether oxygens (including phenoxy) is 1. The molecule has 2 aromatic carbocycles. The highest BCUT2D eigenvalue weighted by Gasteiger charge is 2.31. The summed E-state index contributed by atoms with van der Waals surface area (Å²) >= 11 is 5.98. The molecule has 0 radical (unpaired) electrons. The molecule has 0 heterocycles. The minimum atomic E-state index is 0.00865. The molecule has 1 unspecified atom stereocenters. The number of carbonyl (C=O) groups is 1. The molecule has 0 bridgehead atoms. The van der Waals surface area contributed by atoms with E-state index in [0.717, 1.165) is 29.7 Å². The van der Waals surface area contributed by atoms with Crippen molar-refractivity contribution in [2.24, 2.45) is 11.7 Å². The number of rotatable bonds is 8. The summed E-state index contributed by atoms with van der Waals surface area (Å²) in [6.07, 6.45) is 2.65. The molecule has 132 valence electrons. The molecule has 1 aliphatic rings. The lowest BCUT2D eigenvalue weighted by atomic mass is 10.1. The topological polar surface area (TPSA) is 64.3 Å². The molecule has 1 atom stereocenters. The molecule has 0 saturated heterocycles. The number of hydrogen-bond donors (Lipinski definition) is 2. The van der Waals surface area contributed by atoms with Gasteiger partial charge in [-0.25, -0.2) is 0 Å². The Balaban J connectivity index is 1.54. The van der Waals surface area contributed by atoms with Crippen LogP contribution in [-0.2, 0) is 17.8 Å². The third-order valence-electron chi connectivity index (χ3n) is 4.35. The molecule has 1 fully saturated rings. The maximum atomic E-state index is 12.2. The van der Waals surface area contributed by atoms with Gasteiger partial charge >= 0.3 is 0 Å². The molecule has 0 spiro atoms. The fraction of sp³-hybridized carbons (Fsp3) is 0.350. The summed E-state index contributed by atoms with van der Waals surface area (Å²) in [5, 5.41) is 3.73. The van der Waals surface area contributed by atoms with Gasteiger partial charge in [-0.05, 0) is 54.2 Å². The molecule has 3 N–H and O–H groups in total. The molecule has 2 aromatic rings. The standard InChI is InChI=1S/C20H23ClN2O2/c21-17-5-1-4-15(9-17)13-25-18-6-2-3-14(10-18)11-20(24)23-19(12-22)16-7-8-16/h1-6,9-10,16,19H,7-8,11-13,22H2,(H,23,24). The molecule has 1 amide bonds. The van der Waals surface area contributed by atoms with E-state index in [0.29, 0.717) is 30.5 Å². The predicted molar refractivity (Wildman–Crippen MR) is 99.6 cm³/mol. The zero-order valence-corrected chi connectivity index (χ0v) is 14.8. The molecule has 5 heteroatoms. The first-order chi connectivity index (χ1) is 12.1. The summed E-state index contributed by atoms with van der Waals surface area (Å²) < 4.78 is 5.81. The van der Waals surface area contributed by atoms with Gasteiger partial charge in [0.25, 0.3) is 0 Å². The van der Waals surface area contributed by atoms with Crippen LogP contribution in [-0.4, -0.2) is 18.5 Å². The van der Waals surface area contributed by atoms with E-state index >= 15 is 0 Å². The Kier molecular flexibility index (Phi) is 5.95. The van der Waals surface area contributed by atoms with Crippen molar-refractivity contribution < 1.29 is 9.53 Å². The van der Waals surface area contributed by atoms with Crippen LogP contribution in [0.4, 0.5) is 0 Å². The largest absolute Gasteiger partial charge is 0.489 e. The Labute approximate surface area is 153 Å². The average molecular weight is 359 g/mol. The maximum absolute atomic E-state index is 12.2. The predicted octanol–water partition coefficient (Wildman–Crippen LogP) is 3.32. The molecule has 0 aromatic heterocycles. The average Bonchev–Trinajstić information content (AvgIpc) is 3.43. The van der Waals surface area contributed by atoms with Crippen LogP contribution < -0.4 is 15.8 Å². The van der Waals surface area contributed by atoms with Crippen LogP contribution in [0.1, 0.15) is 24.0 Å². The Morgan fingerprint density at radius 2 is 1.96 bits per heavy atom. The summed E-state index contributed by atoms with van der Waals surface area (Å²) in [5.41, 5.74) is 7.67. The summed E-state index contributed by atoms with van der Waals surface area (Å²) in [5.74, 6) is 1.30. The van der Waals surface area contributed by atoms with Crippen molar-refractivity contribution >= 4 is 17.5 Å². The Hall–Kier alpha value is -2.04. The van der Waals surface area contributed by atoms with Gasteiger partial charge < -0.3 is 15.8 Å². The van der Waals surface area contributed by atoms with Crippen molar-refractivity contribution in [2.75, 3.05) is 6.54 Å². The number of carbonyl (C=O) groups excluding carboxylic acids is 1. The van der Waals surface area contributed by atoms with Crippen LogP contribution in [0.25, 0.3) is 0 Å². The smallest absolute Gasteiger partial charge is 0.224 e. The van der Waals surface area contributed by atoms with Crippen LogP contribution in [0.2, 0.25) is 5.02 Å². The number of amides is 1. The second kappa shape index (κ2) is 8.37. The van der Waals surface area contributed by atoms with E-state index in [9.17, 15) is 4.79 Å². The first kappa shape index (κ1) is 17.8. The van der Waals surface area contributed by atoms with Crippen molar-refractivity contribution in [2.45, 2.75) is 31.9 Å². The van der Waals surface area contributed by atoms with Gasteiger partial charge in [-0.2, -0.15) is 0 Å². The first-order valence-electron chi connectivity index (χ1n) is 8.59. The van der Waals surface area contributed by atoms with E-state index in [2.05, 4.69) is 5.32 Å². The van der Waals surface area contributed by atoms with Crippen LogP contribution in [0.15, 0.2) is 48.5 Å². The van der Waals surface area contributed by atoms with Crippen molar-refractivity contribution in [1.29, 1.82) is 0 Å². The van der Waals surface area contributed by atoms with Crippen molar-refractivity contribution in [1.82, 2.24) is 5.32 Å². The summed E-state index contributed by atoms with van der Waals surface area (Å²) in [6.45, 7) is 0.937. The lowest BCUT2D eigenvalue weighted by molar-refractivity contribution is -0.121. The van der Waals surface area contributed by atoms with Crippen molar-refractivity contribution in [3.8, 4) is 5.75 Å². The van der Waals surface area contributed by atoms with Gasteiger partial charge in [0.1, 0.15) is 12.4 Å². The zero-order valence-electron chi connectivity index (χ0n) is 14.1. The fourth-order valence-electron chi connectivity index (χ4n) is 2.85. The lowest BCUT2D eigenvalue weighted by Crippen LogP contribution is -2.42. The van der Waals surface area contributed by atoms with Crippen LogP contribution in [0, 0.1) is 5.92 Å². The van der Waals surface area contributed by atoms with Crippen molar-refractivity contribution in [3.63, 3.8) is 0 Å². The number of nitrogens with one attached hydrogen (secondary N) is 1. The van der Waals surface area contributed by atoms with Gasteiger partial charge in [-0.1, -0.05) is 35.9 Å². The number of benzene rings is 2. The van der Waals surface area contributed by atoms with E-state index in [1.165, 1.54) is 0 Å². The molecule has 1 saturated carbocycles. The molecular weight excluding hydrogens is 336 g/mol. The quantitative estimate of drug-likeness (QED) is 0.760. The molecular formula is C20H23ClN2O2. The van der Waals surface area contributed by atoms with E-state index in [1.807, 2.05) is 48.5 Å². The molecule has 0 aliphatic heterocycles. The van der Waals surface area contributed by atoms with Crippen LogP contribution >= 0.6 is 11.6 Å². The lowest BCUT2D eigenvalue weighted by Gasteiger charge is -2.16. The second-order valence-corrected chi connectivity index (χ2v) is 6.93.